The second kappa shape index (κ2) is 7.08. The van der Waals surface area contributed by atoms with Crippen molar-refractivity contribution in [1.82, 2.24) is 5.32 Å². The van der Waals surface area contributed by atoms with E-state index in [-0.39, 0.29) is 18.1 Å². The molecule has 0 heterocycles. The lowest BCUT2D eigenvalue weighted by Gasteiger charge is -2.20. The molecule has 1 rings (SSSR count). The molecule has 0 radical (unpaired) electrons. The van der Waals surface area contributed by atoms with Crippen molar-refractivity contribution in [3.05, 3.63) is 41.7 Å². The van der Waals surface area contributed by atoms with Crippen LogP contribution in [0.2, 0.25) is 0 Å². The molecule has 0 aliphatic carbocycles. The van der Waals surface area contributed by atoms with Crippen LogP contribution in [0, 0.1) is 0 Å². The van der Waals surface area contributed by atoms with E-state index in [1.807, 2.05) is 27.7 Å². The smallest absolute Gasteiger partial charge is 0.251 e. The van der Waals surface area contributed by atoms with Crippen molar-refractivity contribution in [2.24, 2.45) is 0 Å². The number of halogens is 1. The number of hydrogen-bond acceptors (Lipinski definition) is 2. The van der Waals surface area contributed by atoms with Crippen LogP contribution >= 0.6 is 0 Å². The van der Waals surface area contributed by atoms with Gasteiger partial charge in [-0.05, 0) is 57.0 Å². The minimum atomic E-state index is -0.270. The summed E-state index contributed by atoms with van der Waals surface area (Å²) >= 11 is 0. The molecule has 110 valence electrons. The molecule has 0 saturated carbocycles. The largest absolute Gasteiger partial charge is 0.489 e. The fourth-order valence-electron chi connectivity index (χ4n) is 1.50. The van der Waals surface area contributed by atoms with Crippen LogP contribution in [0.5, 0.6) is 5.75 Å². The van der Waals surface area contributed by atoms with Crippen LogP contribution in [-0.4, -0.2) is 18.1 Å². The molecule has 0 unspecified atom stereocenters. The number of hydrogen-bond donors (Lipinski definition) is 1. The molecule has 0 aliphatic heterocycles. The zero-order chi connectivity index (χ0) is 15.2. The standard InChI is InChI=1S/C16H22FNO2/c1-5-12(10-17)11-20-14-8-6-13(7-9-14)15(19)18-16(2,3)4/h6-10H,5,11H2,1-4H3,(H,18,19)/b12-10+. The maximum absolute atomic E-state index is 12.4. The van der Waals surface area contributed by atoms with E-state index >= 15 is 0 Å². The van der Waals surface area contributed by atoms with Gasteiger partial charge in [-0.3, -0.25) is 4.79 Å². The van der Waals surface area contributed by atoms with Gasteiger partial charge in [0.15, 0.2) is 0 Å². The van der Waals surface area contributed by atoms with Crippen molar-refractivity contribution in [2.75, 3.05) is 6.61 Å². The lowest BCUT2D eigenvalue weighted by atomic mass is 10.1. The fraction of sp³-hybridized carbons (Fsp3) is 0.438. The van der Waals surface area contributed by atoms with E-state index in [1.165, 1.54) is 0 Å². The van der Waals surface area contributed by atoms with Gasteiger partial charge in [-0.1, -0.05) is 6.92 Å². The van der Waals surface area contributed by atoms with Gasteiger partial charge >= 0.3 is 0 Å². The predicted molar refractivity (Wildman–Crippen MR) is 78.6 cm³/mol. The van der Waals surface area contributed by atoms with Crippen LogP contribution in [0.3, 0.4) is 0 Å². The molecule has 4 heteroatoms. The summed E-state index contributed by atoms with van der Waals surface area (Å²) in [5.74, 6) is 0.493. The lowest BCUT2D eigenvalue weighted by Crippen LogP contribution is -2.40. The van der Waals surface area contributed by atoms with Gasteiger partial charge in [0.25, 0.3) is 5.91 Å². The molecule has 1 aromatic rings. The van der Waals surface area contributed by atoms with Gasteiger partial charge in [0, 0.05) is 11.1 Å². The van der Waals surface area contributed by atoms with Crippen LogP contribution in [0.1, 0.15) is 44.5 Å². The van der Waals surface area contributed by atoms with Crippen molar-refractivity contribution in [3.63, 3.8) is 0 Å². The molecule has 3 nitrogen and oxygen atoms in total. The summed E-state index contributed by atoms with van der Waals surface area (Å²) < 4.78 is 17.8. The third-order valence-electron chi connectivity index (χ3n) is 2.64. The van der Waals surface area contributed by atoms with E-state index < -0.39 is 0 Å². The molecule has 0 spiro atoms. The number of rotatable bonds is 5. The van der Waals surface area contributed by atoms with E-state index in [9.17, 15) is 9.18 Å². The molecule has 20 heavy (non-hydrogen) atoms. The van der Waals surface area contributed by atoms with E-state index in [0.717, 1.165) is 0 Å². The topological polar surface area (TPSA) is 38.3 Å². The third kappa shape index (κ3) is 5.43. The monoisotopic (exact) mass is 279 g/mol. The number of ether oxygens (including phenoxy) is 1. The quantitative estimate of drug-likeness (QED) is 0.889. The summed E-state index contributed by atoms with van der Waals surface area (Å²) in [6, 6.07) is 6.81. The Morgan fingerprint density at radius 2 is 1.90 bits per heavy atom. The first-order valence-electron chi connectivity index (χ1n) is 6.69. The lowest BCUT2D eigenvalue weighted by molar-refractivity contribution is 0.0919. The highest BCUT2D eigenvalue weighted by atomic mass is 19.1. The molecule has 0 fully saturated rings. The minimum Gasteiger partial charge on any atom is -0.489 e. The number of nitrogens with one attached hydrogen (secondary N) is 1. The van der Waals surface area contributed by atoms with Gasteiger partial charge in [0.2, 0.25) is 0 Å². The predicted octanol–water partition coefficient (Wildman–Crippen LogP) is 3.86. The van der Waals surface area contributed by atoms with Crippen molar-refractivity contribution in [2.45, 2.75) is 39.7 Å². The molecule has 1 N–H and O–H groups in total. The number of carbonyl (C=O) groups is 1. The molecule has 0 aromatic heterocycles. The summed E-state index contributed by atoms with van der Waals surface area (Å²) in [5.41, 5.74) is 0.900. The van der Waals surface area contributed by atoms with E-state index in [1.54, 1.807) is 24.3 Å². The minimum absolute atomic E-state index is 0.123. The SMILES string of the molecule is CC/C(=C\F)COc1ccc(C(=O)NC(C)(C)C)cc1. The van der Waals surface area contributed by atoms with Gasteiger partial charge < -0.3 is 10.1 Å². The van der Waals surface area contributed by atoms with Crippen molar-refractivity contribution in [1.29, 1.82) is 0 Å². The van der Waals surface area contributed by atoms with E-state index in [2.05, 4.69) is 5.32 Å². The Labute approximate surface area is 119 Å². The Hall–Kier alpha value is -1.84. The van der Waals surface area contributed by atoms with E-state index in [0.29, 0.717) is 29.6 Å². The Kier molecular flexibility index (Phi) is 5.74. The Balaban J connectivity index is 2.63. The highest BCUT2D eigenvalue weighted by molar-refractivity contribution is 5.94. The van der Waals surface area contributed by atoms with Crippen LogP contribution < -0.4 is 10.1 Å². The first kappa shape index (κ1) is 16.2. The molecule has 0 bridgehead atoms. The summed E-state index contributed by atoms with van der Waals surface area (Å²) in [4.78, 5) is 11.9. The van der Waals surface area contributed by atoms with Crippen LogP contribution in [0.25, 0.3) is 0 Å². The summed E-state index contributed by atoms with van der Waals surface area (Å²) in [6.45, 7) is 7.88. The van der Waals surface area contributed by atoms with E-state index in [4.69, 9.17) is 4.74 Å². The first-order chi connectivity index (χ1) is 9.35. The van der Waals surface area contributed by atoms with Crippen molar-refractivity contribution in [3.8, 4) is 5.75 Å². The zero-order valence-corrected chi connectivity index (χ0v) is 12.5. The fourth-order valence-corrected chi connectivity index (χ4v) is 1.50. The average Bonchev–Trinajstić information content (AvgIpc) is 2.38. The van der Waals surface area contributed by atoms with Gasteiger partial charge in [-0.15, -0.1) is 0 Å². The molecule has 1 aromatic carbocycles. The molecule has 1 amide bonds. The Morgan fingerprint density at radius 1 is 1.30 bits per heavy atom. The second-order valence-electron chi connectivity index (χ2n) is 5.64. The summed E-state index contributed by atoms with van der Waals surface area (Å²) in [5, 5.41) is 2.88. The normalized spacial score (nSPS) is 12.2. The van der Waals surface area contributed by atoms with Crippen molar-refractivity contribution >= 4 is 5.91 Å². The first-order valence-corrected chi connectivity index (χ1v) is 6.69. The van der Waals surface area contributed by atoms with Gasteiger partial charge in [-0.2, -0.15) is 0 Å². The second-order valence-corrected chi connectivity index (χ2v) is 5.64. The van der Waals surface area contributed by atoms with Gasteiger partial charge in [0.1, 0.15) is 12.4 Å². The number of benzene rings is 1. The molecule has 0 saturated heterocycles. The average molecular weight is 279 g/mol. The van der Waals surface area contributed by atoms with Gasteiger partial charge in [-0.25, -0.2) is 4.39 Å². The van der Waals surface area contributed by atoms with Crippen molar-refractivity contribution < 1.29 is 13.9 Å². The summed E-state index contributed by atoms with van der Waals surface area (Å²) in [7, 11) is 0. The van der Waals surface area contributed by atoms with Crippen LogP contribution in [0.4, 0.5) is 4.39 Å². The molecular formula is C16H22FNO2. The summed E-state index contributed by atoms with van der Waals surface area (Å²) in [6.07, 6.45) is 1.19. The zero-order valence-electron chi connectivity index (χ0n) is 12.5. The highest BCUT2D eigenvalue weighted by Crippen LogP contribution is 2.14. The van der Waals surface area contributed by atoms with Gasteiger partial charge in [0.05, 0.1) is 6.33 Å². The third-order valence-corrected chi connectivity index (χ3v) is 2.64. The highest BCUT2D eigenvalue weighted by Gasteiger charge is 2.15. The molecule has 0 atom stereocenters. The number of amides is 1. The molecule has 0 aliphatic rings. The van der Waals surface area contributed by atoms with Crippen LogP contribution in [-0.2, 0) is 0 Å². The molecular weight excluding hydrogens is 257 g/mol. The Bertz CT molecular complexity index is 472. The van der Waals surface area contributed by atoms with Crippen LogP contribution in [0.15, 0.2) is 36.2 Å². The Morgan fingerprint density at radius 3 is 2.35 bits per heavy atom. The maximum atomic E-state index is 12.4. The maximum Gasteiger partial charge on any atom is 0.251 e. The number of carbonyl (C=O) groups excluding carboxylic acids is 1.